The molecule has 3 aromatic rings. The molecule has 0 fully saturated rings. The Morgan fingerprint density at radius 1 is 0.810 bits per heavy atom. The van der Waals surface area contributed by atoms with E-state index in [9.17, 15) is 4.79 Å². The van der Waals surface area contributed by atoms with Gasteiger partial charge < -0.3 is 10.2 Å². The summed E-state index contributed by atoms with van der Waals surface area (Å²) < 4.78 is 5.64. The molecule has 0 unspecified atom stereocenters. The van der Waals surface area contributed by atoms with Crippen molar-refractivity contribution in [2.24, 2.45) is 5.73 Å². The smallest absolute Gasteiger partial charge is 0.284 e. The average Bonchev–Trinajstić information content (AvgIpc) is 3.00. The average molecular weight is 277 g/mol. The molecule has 1 amide bonds. The zero-order chi connectivity index (χ0) is 14.7. The van der Waals surface area contributed by atoms with Crippen molar-refractivity contribution in [3.05, 3.63) is 95.4 Å². The van der Waals surface area contributed by atoms with E-state index in [0.717, 1.165) is 11.1 Å². The van der Waals surface area contributed by atoms with Crippen LogP contribution in [-0.4, -0.2) is 5.91 Å². The predicted octanol–water partition coefficient (Wildman–Crippen LogP) is 3.56. The molecule has 0 bridgehead atoms. The van der Waals surface area contributed by atoms with Gasteiger partial charge in [-0.1, -0.05) is 60.7 Å². The predicted molar refractivity (Wildman–Crippen MR) is 81.1 cm³/mol. The number of benzene rings is 2. The molecular weight excluding hydrogens is 262 g/mol. The lowest BCUT2D eigenvalue weighted by Crippen LogP contribution is -2.09. The summed E-state index contributed by atoms with van der Waals surface area (Å²) >= 11 is 0. The number of nitrogens with two attached hydrogens (primary N) is 1. The van der Waals surface area contributed by atoms with Gasteiger partial charge in [0.1, 0.15) is 5.76 Å². The molecule has 0 saturated heterocycles. The number of hydrogen-bond acceptors (Lipinski definition) is 2. The second-order valence-corrected chi connectivity index (χ2v) is 4.82. The monoisotopic (exact) mass is 277 g/mol. The van der Waals surface area contributed by atoms with Gasteiger partial charge in [-0.25, -0.2) is 0 Å². The lowest BCUT2D eigenvalue weighted by atomic mass is 9.89. The standard InChI is InChI=1S/C18H15NO2/c19-18(20)16-12-11-15(21-16)17(13-7-3-1-4-8-13)14-9-5-2-6-10-14/h1-12,17H,(H2,19,20). The molecule has 3 heteroatoms. The first kappa shape index (κ1) is 13.2. The summed E-state index contributed by atoms with van der Waals surface area (Å²) in [6.45, 7) is 0. The molecule has 104 valence electrons. The summed E-state index contributed by atoms with van der Waals surface area (Å²) in [4.78, 5) is 11.2. The third-order valence-corrected chi connectivity index (χ3v) is 3.42. The molecule has 0 aliphatic heterocycles. The minimum atomic E-state index is -0.555. The number of rotatable bonds is 4. The molecule has 3 nitrogen and oxygen atoms in total. The molecule has 1 heterocycles. The Morgan fingerprint density at radius 2 is 1.33 bits per heavy atom. The first-order chi connectivity index (χ1) is 10.3. The zero-order valence-corrected chi connectivity index (χ0v) is 11.4. The van der Waals surface area contributed by atoms with Gasteiger partial charge in [0.05, 0.1) is 5.92 Å². The van der Waals surface area contributed by atoms with Crippen molar-refractivity contribution in [1.82, 2.24) is 0 Å². The molecule has 2 N–H and O–H groups in total. The Kier molecular flexibility index (Phi) is 3.56. The van der Waals surface area contributed by atoms with E-state index < -0.39 is 5.91 Å². The van der Waals surface area contributed by atoms with Crippen molar-refractivity contribution in [3.8, 4) is 0 Å². The van der Waals surface area contributed by atoms with Crippen molar-refractivity contribution in [2.45, 2.75) is 5.92 Å². The highest BCUT2D eigenvalue weighted by atomic mass is 16.3. The molecule has 0 atom stereocenters. The minimum absolute atomic E-state index is 0.0551. The van der Waals surface area contributed by atoms with E-state index in [-0.39, 0.29) is 11.7 Å². The maximum absolute atomic E-state index is 11.2. The van der Waals surface area contributed by atoms with E-state index in [1.165, 1.54) is 0 Å². The number of carbonyl (C=O) groups is 1. The van der Waals surface area contributed by atoms with E-state index in [1.54, 1.807) is 6.07 Å². The maximum Gasteiger partial charge on any atom is 0.284 e. The second-order valence-electron chi connectivity index (χ2n) is 4.82. The molecule has 2 aromatic carbocycles. The van der Waals surface area contributed by atoms with Gasteiger partial charge in [0.25, 0.3) is 5.91 Å². The van der Waals surface area contributed by atoms with Gasteiger partial charge in [-0.05, 0) is 23.3 Å². The SMILES string of the molecule is NC(=O)c1ccc(C(c2ccccc2)c2ccccc2)o1. The summed E-state index contributed by atoms with van der Waals surface area (Å²) in [5, 5.41) is 0. The van der Waals surface area contributed by atoms with Crippen LogP contribution in [0.5, 0.6) is 0 Å². The van der Waals surface area contributed by atoms with Gasteiger partial charge in [0, 0.05) is 0 Å². The van der Waals surface area contributed by atoms with Crippen LogP contribution in [-0.2, 0) is 0 Å². The van der Waals surface area contributed by atoms with E-state index in [4.69, 9.17) is 10.2 Å². The van der Waals surface area contributed by atoms with E-state index in [2.05, 4.69) is 0 Å². The van der Waals surface area contributed by atoms with Crippen LogP contribution in [0.3, 0.4) is 0 Å². The Balaban J connectivity index is 2.10. The Hall–Kier alpha value is -2.81. The Morgan fingerprint density at radius 3 is 1.76 bits per heavy atom. The number of carbonyl (C=O) groups excluding carboxylic acids is 1. The summed E-state index contributed by atoms with van der Waals surface area (Å²) in [7, 11) is 0. The van der Waals surface area contributed by atoms with E-state index in [0.29, 0.717) is 5.76 Å². The number of amides is 1. The molecule has 21 heavy (non-hydrogen) atoms. The third kappa shape index (κ3) is 2.72. The van der Waals surface area contributed by atoms with Crippen molar-refractivity contribution in [2.75, 3.05) is 0 Å². The molecule has 0 saturated carbocycles. The van der Waals surface area contributed by atoms with Gasteiger partial charge in [-0.2, -0.15) is 0 Å². The van der Waals surface area contributed by atoms with E-state index in [1.807, 2.05) is 66.7 Å². The van der Waals surface area contributed by atoms with Crippen molar-refractivity contribution >= 4 is 5.91 Å². The zero-order valence-electron chi connectivity index (χ0n) is 11.4. The molecule has 3 rings (SSSR count). The summed E-state index contributed by atoms with van der Waals surface area (Å²) in [5.74, 6) is 0.282. The highest BCUT2D eigenvalue weighted by Gasteiger charge is 2.20. The minimum Gasteiger partial charge on any atom is -0.455 e. The van der Waals surface area contributed by atoms with Crippen LogP contribution in [0, 0.1) is 0 Å². The fraction of sp³-hybridized carbons (Fsp3) is 0.0556. The van der Waals surface area contributed by atoms with Crippen LogP contribution in [0.1, 0.15) is 33.4 Å². The Bertz CT molecular complexity index is 693. The van der Waals surface area contributed by atoms with Gasteiger partial charge in [-0.3, -0.25) is 4.79 Å². The second kappa shape index (κ2) is 5.67. The van der Waals surface area contributed by atoms with Crippen LogP contribution >= 0.6 is 0 Å². The molecule has 0 radical (unpaired) electrons. The molecule has 0 aliphatic rings. The molecule has 0 spiro atoms. The molecule has 1 aromatic heterocycles. The number of hydrogen-bond donors (Lipinski definition) is 1. The summed E-state index contributed by atoms with van der Waals surface area (Å²) in [6.07, 6.45) is 0. The van der Waals surface area contributed by atoms with Crippen LogP contribution in [0.15, 0.2) is 77.2 Å². The first-order valence-electron chi connectivity index (χ1n) is 6.75. The van der Waals surface area contributed by atoms with Gasteiger partial charge in [0.2, 0.25) is 0 Å². The van der Waals surface area contributed by atoms with Gasteiger partial charge >= 0.3 is 0 Å². The highest BCUT2D eigenvalue weighted by molar-refractivity contribution is 5.89. The topological polar surface area (TPSA) is 56.2 Å². The third-order valence-electron chi connectivity index (χ3n) is 3.42. The van der Waals surface area contributed by atoms with Crippen LogP contribution in [0.2, 0.25) is 0 Å². The lowest BCUT2D eigenvalue weighted by molar-refractivity contribution is 0.0972. The Labute approximate surface area is 123 Å². The molecule has 0 aliphatic carbocycles. The van der Waals surface area contributed by atoms with E-state index >= 15 is 0 Å². The van der Waals surface area contributed by atoms with Crippen LogP contribution in [0.4, 0.5) is 0 Å². The maximum atomic E-state index is 11.2. The summed E-state index contributed by atoms with van der Waals surface area (Å²) in [5.41, 5.74) is 7.48. The molecular formula is C18H15NO2. The highest BCUT2D eigenvalue weighted by Crippen LogP contribution is 2.32. The quantitative estimate of drug-likeness (QED) is 0.792. The number of furan rings is 1. The van der Waals surface area contributed by atoms with Crippen molar-refractivity contribution < 1.29 is 9.21 Å². The van der Waals surface area contributed by atoms with Crippen molar-refractivity contribution in [1.29, 1.82) is 0 Å². The lowest BCUT2D eigenvalue weighted by Gasteiger charge is -2.15. The van der Waals surface area contributed by atoms with Gasteiger partial charge in [0.15, 0.2) is 5.76 Å². The first-order valence-corrected chi connectivity index (χ1v) is 6.75. The van der Waals surface area contributed by atoms with Crippen LogP contribution in [0.25, 0.3) is 0 Å². The number of primary amides is 1. The summed E-state index contributed by atoms with van der Waals surface area (Å²) in [6, 6.07) is 23.5. The van der Waals surface area contributed by atoms with Crippen LogP contribution < -0.4 is 5.73 Å². The van der Waals surface area contributed by atoms with Gasteiger partial charge in [-0.15, -0.1) is 0 Å². The fourth-order valence-electron chi connectivity index (χ4n) is 2.45. The normalized spacial score (nSPS) is 10.7. The largest absolute Gasteiger partial charge is 0.455 e. The fourth-order valence-corrected chi connectivity index (χ4v) is 2.45. The van der Waals surface area contributed by atoms with Crippen molar-refractivity contribution in [3.63, 3.8) is 0 Å².